The third kappa shape index (κ3) is 3.85. The molecule has 0 saturated heterocycles. The Morgan fingerprint density at radius 2 is 1.52 bits per heavy atom. The van der Waals surface area contributed by atoms with Crippen LogP contribution in [0.2, 0.25) is 5.02 Å². The van der Waals surface area contributed by atoms with Crippen LogP contribution in [0.3, 0.4) is 0 Å². The Balaban J connectivity index is 2.33. The second kappa shape index (κ2) is 6.76. The molecule has 0 spiro atoms. The lowest BCUT2D eigenvalue weighted by molar-refractivity contribution is -0.135. The first-order chi connectivity index (χ1) is 10.8. The molecule has 0 aliphatic carbocycles. The number of nitrogens with zero attached hydrogens (tertiary/aromatic N) is 2. The Labute approximate surface area is 137 Å². The molecule has 0 atom stereocenters. The molecule has 2 aromatic rings. The number of carboxylic acid groups (broad SMARTS) is 1. The number of rotatable bonds is 6. The van der Waals surface area contributed by atoms with Gasteiger partial charge in [-0.2, -0.15) is 0 Å². The fourth-order valence-electron chi connectivity index (χ4n) is 1.84. The van der Waals surface area contributed by atoms with Gasteiger partial charge in [0.15, 0.2) is 0 Å². The maximum atomic E-state index is 12.4. The summed E-state index contributed by atoms with van der Waals surface area (Å²) in [6, 6.07) is 10.9. The number of anilines is 1. The van der Waals surface area contributed by atoms with Crippen LogP contribution in [0.4, 0.5) is 5.69 Å². The van der Waals surface area contributed by atoms with Gasteiger partial charge < -0.3 is 5.11 Å². The van der Waals surface area contributed by atoms with E-state index in [1.165, 1.54) is 48.5 Å². The van der Waals surface area contributed by atoms with Gasteiger partial charge in [-0.25, -0.2) is 13.4 Å². The van der Waals surface area contributed by atoms with Gasteiger partial charge in [0.1, 0.15) is 6.54 Å². The third-order valence-corrected chi connectivity index (χ3v) is 4.99. The van der Waals surface area contributed by atoms with Gasteiger partial charge in [0.05, 0.1) is 20.8 Å². The summed E-state index contributed by atoms with van der Waals surface area (Å²) >= 11 is 5.73. The summed E-state index contributed by atoms with van der Waals surface area (Å²) in [4.78, 5) is 21.4. The monoisotopic (exact) mass is 354 g/mol. The molecule has 0 saturated carbocycles. The maximum Gasteiger partial charge on any atom is 0.325 e. The van der Waals surface area contributed by atoms with Crippen molar-refractivity contribution in [2.24, 2.45) is 5.29 Å². The van der Waals surface area contributed by atoms with Crippen molar-refractivity contribution in [2.75, 3.05) is 11.6 Å². The first-order valence-electron chi connectivity index (χ1n) is 6.28. The Bertz CT molecular complexity index is 819. The molecule has 1 N–H and O–H groups in total. The van der Waals surface area contributed by atoms with Gasteiger partial charge in [-0.3, -0.25) is 4.79 Å². The molecule has 0 aromatic heterocycles. The number of benzene rings is 2. The highest BCUT2D eigenvalue weighted by atomic mass is 35.5. The lowest BCUT2D eigenvalue weighted by Gasteiger charge is -2.13. The smallest absolute Gasteiger partial charge is 0.325 e. The molecule has 2 rings (SSSR count). The molecule has 0 bridgehead atoms. The Kier molecular flexibility index (Phi) is 4.97. The summed E-state index contributed by atoms with van der Waals surface area (Å²) in [5.74, 6) is -1.23. The van der Waals surface area contributed by atoms with Gasteiger partial charge in [-0.1, -0.05) is 11.6 Å². The summed E-state index contributed by atoms with van der Waals surface area (Å²) in [6.45, 7) is -0.618. The van der Waals surface area contributed by atoms with Crippen molar-refractivity contribution in [3.8, 4) is 0 Å². The fraction of sp³-hybridized carbons (Fsp3) is 0.0714. The zero-order valence-corrected chi connectivity index (χ0v) is 13.2. The predicted molar refractivity (Wildman–Crippen MR) is 84.1 cm³/mol. The number of carbonyl (C=O) groups is 1. The predicted octanol–water partition coefficient (Wildman–Crippen LogP) is 2.75. The minimum absolute atomic E-state index is 0.00439. The van der Waals surface area contributed by atoms with Crippen LogP contribution in [0.5, 0.6) is 0 Å². The highest BCUT2D eigenvalue weighted by molar-refractivity contribution is 7.91. The summed E-state index contributed by atoms with van der Waals surface area (Å²) in [5.41, 5.74) is 0.178. The number of hydrogen-bond acceptors (Lipinski definition) is 5. The molecule has 0 amide bonds. The molecule has 2 aromatic carbocycles. The van der Waals surface area contributed by atoms with E-state index in [4.69, 9.17) is 16.7 Å². The number of nitroso groups, excluding NO2 is 1. The minimum Gasteiger partial charge on any atom is -0.480 e. The average Bonchev–Trinajstić information content (AvgIpc) is 2.53. The highest BCUT2D eigenvalue weighted by Crippen LogP contribution is 2.24. The second-order valence-electron chi connectivity index (χ2n) is 4.48. The molecule has 0 unspecified atom stereocenters. The lowest BCUT2D eigenvalue weighted by atomic mass is 10.3. The zero-order chi connectivity index (χ0) is 17.0. The molecule has 0 heterocycles. The van der Waals surface area contributed by atoms with Crippen molar-refractivity contribution < 1.29 is 18.3 Å². The van der Waals surface area contributed by atoms with Crippen molar-refractivity contribution in [1.29, 1.82) is 0 Å². The summed E-state index contributed by atoms with van der Waals surface area (Å²) in [7, 11) is -3.73. The van der Waals surface area contributed by atoms with Gasteiger partial charge in [0.25, 0.3) is 0 Å². The molecular formula is C14H11ClN2O5S. The molecule has 0 fully saturated rings. The van der Waals surface area contributed by atoms with Gasteiger partial charge in [0, 0.05) is 5.02 Å². The number of aliphatic carboxylic acids is 1. The summed E-state index contributed by atoms with van der Waals surface area (Å²) in [6.07, 6.45) is 0. The van der Waals surface area contributed by atoms with Crippen LogP contribution in [-0.2, 0) is 14.6 Å². The van der Waals surface area contributed by atoms with Crippen LogP contribution in [0.25, 0.3) is 0 Å². The van der Waals surface area contributed by atoms with E-state index in [0.717, 1.165) is 0 Å². The van der Waals surface area contributed by atoms with Crippen molar-refractivity contribution in [3.63, 3.8) is 0 Å². The fourth-order valence-corrected chi connectivity index (χ4v) is 3.23. The van der Waals surface area contributed by atoms with Crippen molar-refractivity contribution in [2.45, 2.75) is 9.79 Å². The first-order valence-corrected chi connectivity index (χ1v) is 8.14. The van der Waals surface area contributed by atoms with E-state index in [1.54, 1.807) is 0 Å². The van der Waals surface area contributed by atoms with Crippen LogP contribution < -0.4 is 5.01 Å². The number of sulfone groups is 1. The zero-order valence-electron chi connectivity index (χ0n) is 11.6. The molecule has 7 nitrogen and oxygen atoms in total. The average molecular weight is 355 g/mol. The van der Waals surface area contributed by atoms with Gasteiger partial charge in [0.2, 0.25) is 9.84 Å². The van der Waals surface area contributed by atoms with E-state index in [9.17, 15) is 18.1 Å². The Hall–Kier alpha value is -2.45. The Morgan fingerprint density at radius 1 is 1.04 bits per heavy atom. The molecule has 120 valence electrons. The van der Waals surface area contributed by atoms with E-state index in [1.807, 2.05) is 0 Å². The summed E-state index contributed by atoms with van der Waals surface area (Å²) < 4.78 is 24.9. The van der Waals surface area contributed by atoms with Crippen LogP contribution in [0.1, 0.15) is 0 Å². The number of halogens is 1. The SMILES string of the molecule is O=NN(CC(=O)O)c1ccc(S(=O)(=O)c2ccc(Cl)cc2)cc1. The lowest BCUT2D eigenvalue weighted by Crippen LogP contribution is -2.23. The second-order valence-corrected chi connectivity index (χ2v) is 6.87. The summed E-state index contributed by atoms with van der Waals surface area (Å²) in [5, 5.41) is 12.4. The van der Waals surface area contributed by atoms with Crippen molar-refractivity contribution >= 4 is 33.1 Å². The molecule has 9 heteroatoms. The van der Waals surface area contributed by atoms with Gasteiger partial charge in [-0.15, -0.1) is 4.91 Å². The standard InChI is InChI=1S/C14H11ClN2O5S/c15-10-1-5-12(6-2-10)23(21,22)13-7-3-11(4-8-13)17(16-20)9-14(18)19/h1-8H,9H2,(H,18,19). The van der Waals surface area contributed by atoms with Crippen LogP contribution in [-0.4, -0.2) is 26.0 Å². The number of carboxylic acids is 1. The maximum absolute atomic E-state index is 12.4. The quantitative estimate of drug-likeness (QED) is 0.631. The molecule has 0 radical (unpaired) electrons. The first kappa shape index (κ1) is 16.9. The van der Waals surface area contributed by atoms with Crippen molar-refractivity contribution in [3.05, 3.63) is 58.5 Å². The normalized spacial score (nSPS) is 11.0. The molecule has 0 aliphatic heterocycles. The van der Waals surface area contributed by atoms with Gasteiger partial charge in [-0.05, 0) is 48.5 Å². The third-order valence-electron chi connectivity index (χ3n) is 2.95. The van der Waals surface area contributed by atoms with Crippen LogP contribution in [0, 0.1) is 4.91 Å². The largest absolute Gasteiger partial charge is 0.480 e. The van der Waals surface area contributed by atoms with E-state index >= 15 is 0 Å². The van der Waals surface area contributed by atoms with Gasteiger partial charge >= 0.3 is 5.97 Å². The van der Waals surface area contributed by atoms with E-state index in [0.29, 0.717) is 10.0 Å². The topological polar surface area (TPSA) is 104 Å². The molecule has 0 aliphatic rings. The van der Waals surface area contributed by atoms with Crippen molar-refractivity contribution in [1.82, 2.24) is 0 Å². The van der Waals surface area contributed by atoms with E-state index < -0.39 is 22.4 Å². The Morgan fingerprint density at radius 3 is 1.96 bits per heavy atom. The van der Waals surface area contributed by atoms with Crippen LogP contribution >= 0.6 is 11.6 Å². The molecular weight excluding hydrogens is 344 g/mol. The van der Waals surface area contributed by atoms with E-state index in [2.05, 4.69) is 5.29 Å². The molecule has 23 heavy (non-hydrogen) atoms. The van der Waals surface area contributed by atoms with Crippen LogP contribution in [0.15, 0.2) is 63.6 Å². The highest BCUT2D eigenvalue weighted by Gasteiger charge is 2.18. The van der Waals surface area contributed by atoms with E-state index in [-0.39, 0.29) is 15.5 Å². The number of hydrogen-bond donors (Lipinski definition) is 1. The minimum atomic E-state index is -3.73.